The zero-order chi connectivity index (χ0) is 20.8. The average molecular weight is 404 g/mol. The molecule has 1 unspecified atom stereocenters. The van der Waals surface area contributed by atoms with Crippen LogP contribution in [0.2, 0.25) is 0 Å². The lowest BCUT2D eigenvalue weighted by molar-refractivity contribution is -0.115. The molecule has 3 heteroatoms. The third kappa shape index (κ3) is 5.14. The van der Waals surface area contributed by atoms with Crippen molar-refractivity contribution in [2.45, 2.75) is 46.2 Å². The zero-order valence-corrected chi connectivity index (χ0v) is 18.7. The highest BCUT2D eigenvalue weighted by molar-refractivity contribution is 7.74. The minimum Gasteiger partial charge on any atom is -0.325 e. The van der Waals surface area contributed by atoms with Crippen molar-refractivity contribution >= 4 is 30.1 Å². The van der Waals surface area contributed by atoms with Crippen molar-refractivity contribution in [2.75, 3.05) is 5.32 Å². The van der Waals surface area contributed by atoms with Crippen LogP contribution in [0.15, 0.2) is 72.8 Å². The van der Waals surface area contributed by atoms with Crippen LogP contribution in [-0.4, -0.2) is 11.6 Å². The SMILES string of the molecule is CCCC(C(=O)Nc1c(C)cc(C)cc1C)P(c1ccccc1)c1ccccc1. The average Bonchev–Trinajstić information content (AvgIpc) is 2.72. The van der Waals surface area contributed by atoms with Crippen molar-refractivity contribution in [3.05, 3.63) is 89.5 Å². The second-order valence-electron chi connectivity index (χ2n) is 7.61. The fraction of sp³-hybridized carbons (Fsp3) is 0.269. The van der Waals surface area contributed by atoms with E-state index in [1.165, 1.54) is 16.2 Å². The summed E-state index contributed by atoms with van der Waals surface area (Å²) in [5.74, 6) is 0.126. The molecular weight excluding hydrogens is 373 g/mol. The van der Waals surface area contributed by atoms with Gasteiger partial charge in [0.05, 0.1) is 5.66 Å². The van der Waals surface area contributed by atoms with Crippen molar-refractivity contribution < 1.29 is 4.79 Å². The van der Waals surface area contributed by atoms with Crippen LogP contribution < -0.4 is 15.9 Å². The number of anilines is 1. The molecule has 0 radical (unpaired) electrons. The minimum absolute atomic E-state index is 0.0695. The molecule has 3 aromatic carbocycles. The smallest absolute Gasteiger partial charge is 0.232 e. The van der Waals surface area contributed by atoms with Gasteiger partial charge in [0, 0.05) is 5.69 Å². The first-order chi connectivity index (χ1) is 14.0. The number of hydrogen-bond donors (Lipinski definition) is 1. The first-order valence-electron chi connectivity index (χ1n) is 10.3. The fourth-order valence-electron chi connectivity index (χ4n) is 3.92. The molecule has 2 nitrogen and oxygen atoms in total. The number of amides is 1. The molecule has 0 spiro atoms. The van der Waals surface area contributed by atoms with E-state index in [1.807, 2.05) is 12.1 Å². The van der Waals surface area contributed by atoms with Crippen LogP contribution in [-0.2, 0) is 4.79 Å². The normalized spacial score (nSPS) is 12.0. The third-order valence-corrected chi connectivity index (χ3v) is 8.00. The highest BCUT2D eigenvalue weighted by atomic mass is 31.1. The summed E-state index contributed by atoms with van der Waals surface area (Å²) in [5, 5.41) is 5.79. The molecule has 1 amide bonds. The van der Waals surface area contributed by atoms with Gasteiger partial charge in [-0.15, -0.1) is 0 Å². The molecule has 0 heterocycles. The zero-order valence-electron chi connectivity index (χ0n) is 17.8. The lowest BCUT2D eigenvalue weighted by Gasteiger charge is -2.28. The van der Waals surface area contributed by atoms with Gasteiger partial charge in [0.25, 0.3) is 0 Å². The minimum atomic E-state index is -0.793. The van der Waals surface area contributed by atoms with E-state index in [-0.39, 0.29) is 11.6 Å². The molecular formula is C26H30NOP. The molecule has 3 rings (SSSR count). The summed E-state index contributed by atoms with van der Waals surface area (Å²) in [6.07, 6.45) is 1.84. The van der Waals surface area contributed by atoms with Crippen molar-refractivity contribution in [3.8, 4) is 0 Å². The Bertz CT molecular complexity index is 890. The van der Waals surface area contributed by atoms with Gasteiger partial charge >= 0.3 is 0 Å². The van der Waals surface area contributed by atoms with E-state index in [4.69, 9.17) is 0 Å². The van der Waals surface area contributed by atoms with Crippen molar-refractivity contribution in [3.63, 3.8) is 0 Å². The Kier molecular flexibility index (Phi) is 7.23. The van der Waals surface area contributed by atoms with Gasteiger partial charge in [-0.05, 0) is 56.8 Å². The molecule has 0 aromatic heterocycles. The summed E-state index contributed by atoms with van der Waals surface area (Å²) in [7, 11) is -0.793. The Hall–Kier alpha value is -2.44. The molecule has 0 fully saturated rings. The summed E-state index contributed by atoms with van der Waals surface area (Å²) < 4.78 is 0. The number of aryl methyl sites for hydroxylation is 3. The van der Waals surface area contributed by atoms with Gasteiger partial charge in [0.15, 0.2) is 0 Å². The maximum Gasteiger partial charge on any atom is 0.232 e. The number of nitrogens with one attached hydrogen (secondary N) is 1. The van der Waals surface area contributed by atoms with E-state index < -0.39 is 7.92 Å². The monoisotopic (exact) mass is 403 g/mol. The summed E-state index contributed by atoms with van der Waals surface area (Å²) in [6, 6.07) is 25.3. The standard InChI is InChI=1S/C26H30NOP/c1-5-12-24(26(28)27-25-20(3)17-19(2)18-21(25)4)29(22-13-8-6-9-14-22)23-15-10-7-11-16-23/h6-11,13-18,24H,5,12H2,1-4H3,(H,27,28). The Morgan fingerprint density at radius 3 is 1.79 bits per heavy atom. The van der Waals surface area contributed by atoms with E-state index in [2.05, 4.69) is 93.7 Å². The van der Waals surface area contributed by atoms with E-state index in [0.29, 0.717) is 0 Å². The summed E-state index contributed by atoms with van der Waals surface area (Å²) in [6.45, 7) is 8.39. The summed E-state index contributed by atoms with van der Waals surface area (Å²) in [5.41, 5.74) is 4.35. The van der Waals surface area contributed by atoms with E-state index in [1.54, 1.807) is 0 Å². The van der Waals surface area contributed by atoms with E-state index in [9.17, 15) is 4.79 Å². The van der Waals surface area contributed by atoms with E-state index in [0.717, 1.165) is 29.7 Å². The predicted molar refractivity (Wildman–Crippen MR) is 127 cm³/mol. The fourth-order valence-corrected chi connectivity index (χ4v) is 6.74. The first-order valence-corrected chi connectivity index (χ1v) is 11.7. The second-order valence-corrected chi connectivity index (χ2v) is 10.0. The van der Waals surface area contributed by atoms with Gasteiger partial charge in [0.2, 0.25) is 5.91 Å². The van der Waals surface area contributed by atoms with Crippen LogP contribution in [0.1, 0.15) is 36.5 Å². The largest absolute Gasteiger partial charge is 0.325 e. The Balaban J connectivity index is 2.00. The first kappa shape index (κ1) is 21.3. The topological polar surface area (TPSA) is 29.1 Å². The van der Waals surface area contributed by atoms with Crippen LogP contribution in [0, 0.1) is 20.8 Å². The summed E-state index contributed by atoms with van der Waals surface area (Å²) >= 11 is 0. The number of carbonyl (C=O) groups excluding carboxylic acids is 1. The molecule has 0 aliphatic rings. The number of rotatable bonds is 7. The molecule has 1 N–H and O–H groups in total. The van der Waals surface area contributed by atoms with Gasteiger partial charge in [0.1, 0.15) is 0 Å². The van der Waals surface area contributed by atoms with Gasteiger partial charge in [-0.2, -0.15) is 0 Å². The molecule has 0 aliphatic carbocycles. The quantitative estimate of drug-likeness (QED) is 0.493. The maximum absolute atomic E-state index is 13.6. The molecule has 0 saturated carbocycles. The van der Waals surface area contributed by atoms with Gasteiger partial charge in [-0.25, -0.2) is 0 Å². The van der Waals surface area contributed by atoms with Crippen LogP contribution >= 0.6 is 7.92 Å². The third-order valence-electron chi connectivity index (χ3n) is 5.17. The maximum atomic E-state index is 13.6. The lowest BCUT2D eigenvalue weighted by Crippen LogP contribution is -2.33. The number of hydrogen-bond acceptors (Lipinski definition) is 1. The number of benzene rings is 3. The summed E-state index contributed by atoms with van der Waals surface area (Å²) in [4.78, 5) is 13.6. The Morgan fingerprint density at radius 2 is 1.34 bits per heavy atom. The van der Waals surface area contributed by atoms with Crippen molar-refractivity contribution in [1.29, 1.82) is 0 Å². The lowest BCUT2D eigenvalue weighted by atomic mass is 10.0. The van der Waals surface area contributed by atoms with Crippen LogP contribution in [0.5, 0.6) is 0 Å². The van der Waals surface area contributed by atoms with Gasteiger partial charge < -0.3 is 5.32 Å². The van der Waals surface area contributed by atoms with Crippen LogP contribution in [0.4, 0.5) is 5.69 Å². The highest BCUT2D eigenvalue weighted by Crippen LogP contribution is 2.42. The van der Waals surface area contributed by atoms with Crippen LogP contribution in [0.3, 0.4) is 0 Å². The van der Waals surface area contributed by atoms with Crippen molar-refractivity contribution in [1.82, 2.24) is 0 Å². The second kappa shape index (κ2) is 9.85. The highest BCUT2D eigenvalue weighted by Gasteiger charge is 2.30. The molecule has 3 aromatic rings. The van der Waals surface area contributed by atoms with Crippen molar-refractivity contribution in [2.24, 2.45) is 0 Å². The van der Waals surface area contributed by atoms with Gasteiger partial charge in [-0.3, -0.25) is 4.79 Å². The Labute approximate surface area is 176 Å². The molecule has 1 atom stereocenters. The predicted octanol–water partition coefficient (Wildman–Crippen LogP) is 5.85. The molecule has 0 bridgehead atoms. The van der Waals surface area contributed by atoms with Gasteiger partial charge in [-0.1, -0.05) is 91.7 Å². The molecule has 29 heavy (non-hydrogen) atoms. The molecule has 150 valence electrons. The van der Waals surface area contributed by atoms with Crippen LogP contribution in [0.25, 0.3) is 0 Å². The number of carbonyl (C=O) groups is 1. The van der Waals surface area contributed by atoms with E-state index >= 15 is 0 Å². The molecule has 0 saturated heterocycles. The Morgan fingerprint density at radius 1 is 0.862 bits per heavy atom. The molecule has 0 aliphatic heterocycles.